The van der Waals surface area contributed by atoms with Crippen LogP contribution in [-0.2, 0) is 0 Å². The van der Waals surface area contributed by atoms with Gasteiger partial charge in [-0.05, 0) is 11.5 Å². The largest absolute Gasteiger partial charge is 0.320 e. The van der Waals surface area contributed by atoms with Gasteiger partial charge in [0.15, 0.2) is 5.17 Å². The number of aliphatic imine (C=N–C) groups is 1. The summed E-state index contributed by atoms with van der Waals surface area (Å²) >= 11 is 1.69. The third kappa shape index (κ3) is 3.96. The fourth-order valence-electron chi connectivity index (χ4n) is 3.91. The molecule has 0 aliphatic carbocycles. The standard InChI is InChI=1S/C21H23N7OS/c29-20(18-11-23-5-6-24-18)25-17-4-2-1-3-16(17)19-13-28-15(14-30-21(28)26-19)12-27-9-7-22-8-10-27/h1-6,11,14,19,22H,7-10,12-13H2,(H,25,29). The van der Waals surface area contributed by atoms with Gasteiger partial charge in [0, 0.05) is 62.1 Å². The number of anilines is 1. The number of benzene rings is 1. The molecule has 8 nitrogen and oxygen atoms in total. The molecule has 0 bridgehead atoms. The number of amidine groups is 1. The van der Waals surface area contributed by atoms with E-state index in [9.17, 15) is 4.79 Å². The number of hydrogen-bond acceptors (Lipinski definition) is 8. The number of amides is 1. The maximum absolute atomic E-state index is 12.6. The van der Waals surface area contributed by atoms with Crippen molar-refractivity contribution in [3.05, 3.63) is 65.2 Å². The van der Waals surface area contributed by atoms with Crippen LogP contribution in [0.4, 0.5) is 5.69 Å². The molecule has 0 radical (unpaired) electrons. The van der Waals surface area contributed by atoms with E-state index < -0.39 is 0 Å². The smallest absolute Gasteiger partial charge is 0.275 e. The molecule has 2 N–H and O–H groups in total. The first-order chi connectivity index (χ1) is 14.8. The second-order valence-electron chi connectivity index (χ2n) is 7.42. The molecule has 2 aromatic rings. The van der Waals surface area contributed by atoms with Gasteiger partial charge in [-0.3, -0.25) is 19.7 Å². The quantitative estimate of drug-likeness (QED) is 0.763. The maximum atomic E-state index is 12.6. The lowest BCUT2D eigenvalue weighted by atomic mass is 10.0. The van der Waals surface area contributed by atoms with Gasteiger partial charge in [-0.25, -0.2) is 4.98 Å². The van der Waals surface area contributed by atoms with E-state index in [-0.39, 0.29) is 11.9 Å². The minimum atomic E-state index is -0.268. The Balaban J connectivity index is 1.30. The molecular formula is C21H23N7OS. The molecule has 1 aromatic heterocycles. The van der Waals surface area contributed by atoms with Crippen LogP contribution in [0.5, 0.6) is 0 Å². The van der Waals surface area contributed by atoms with Crippen molar-refractivity contribution in [1.82, 2.24) is 25.1 Å². The van der Waals surface area contributed by atoms with Crippen LogP contribution >= 0.6 is 11.8 Å². The van der Waals surface area contributed by atoms with E-state index in [1.54, 1.807) is 18.0 Å². The number of rotatable bonds is 5. The number of para-hydroxylation sites is 1. The Labute approximate surface area is 179 Å². The summed E-state index contributed by atoms with van der Waals surface area (Å²) in [6.45, 7) is 5.97. The number of hydrogen-bond donors (Lipinski definition) is 2. The SMILES string of the molecule is O=C(Nc1ccccc1C1CN2C(CN3CCNCC3)=CSC2=N1)c1cnccn1. The summed E-state index contributed by atoms with van der Waals surface area (Å²) in [7, 11) is 0. The lowest BCUT2D eigenvalue weighted by Gasteiger charge is -2.29. The number of aromatic nitrogens is 2. The van der Waals surface area contributed by atoms with E-state index >= 15 is 0 Å². The van der Waals surface area contributed by atoms with Crippen molar-refractivity contribution in [2.75, 3.05) is 44.6 Å². The Hall–Kier alpha value is -2.75. The van der Waals surface area contributed by atoms with Crippen LogP contribution in [-0.4, -0.2) is 70.1 Å². The van der Waals surface area contributed by atoms with E-state index in [4.69, 9.17) is 4.99 Å². The zero-order valence-corrected chi connectivity index (χ0v) is 17.3. The molecule has 9 heteroatoms. The predicted octanol–water partition coefficient (Wildman–Crippen LogP) is 1.93. The Morgan fingerprint density at radius 1 is 1.23 bits per heavy atom. The zero-order chi connectivity index (χ0) is 20.3. The van der Waals surface area contributed by atoms with Crippen LogP contribution in [0.3, 0.4) is 0 Å². The summed E-state index contributed by atoms with van der Waals surface area (Å²) in [5, 5.41) is 9.64. The molecule has 1 fully saturated rings. The van der Waals surface area contributed by atoms with Crippen molar-refractivity contribution in [1.29, 1.82) is 0 Å². The number of fused-ring (bicyclic) bond motifs is 1. The van der Waals surface area contributed by atoms with Crippen LogP contribution in [0, 0.1) is 0 Å². The van der Waals surface area contributed by atoms with Gasteiger partial charge in [0.2, 0.25) is 0 Å². The average molecular weight is 422 g/mol. The molecule has 3 aliphatic rings. The average Bonchev–Trinajstić information content (AvgIpc) is 3.37. The van der Waals surface area contributed by atoms with Crippen LogP contribution in [0.15, 0.2) is 59.0 Å². The first kappa shape index (κ1) is 19.2. The van der Waals surface area contributed by atoms with Crippen molar-refractivity contribution in [3.8, 4) is 0 Å². The molecule has 30 heavy (non-hydrogen) atoms. The molecule has 3 aliphatic heterocycles. The van der Waals surface area contributed by atoms with Gasteiger partial charge >= 0.3 is 0 Å². The van der Waals surface area contributed by atoms with Crippen LogP contribution in [0.1, 0.15) is 22.1 Å². The fraction of sp³-hybridized carbons (Fsp3) is 0.333. The summed E-state index contributed by atoms with van der Waals surface area (Å²) in [5.74, 6) is -0.268. The topological polar surface area (TPSA) is 85.8 Å². The molecule has 1 aromatic carbocycles. The zero-order valence-electron chi connectivity index (χ0n) is 16.5. The third-order valence-corrected chi connectivity index (χ3v) is 6.39. The van der Waals surface area contributed by atoms with Gasteiger partial charge in [-0.15, -0.1) is 0 Å². The molecule has 154 valence electrons. The molecule has 0 saturated carbocycles. The molecule has 0 spiro atoms. The minimum Gasteiger partial charge on any atom is -0.320 e. The molecule has 1 unspecified atom stereocenters. The lowest BCUT2D eigenvalue weighted by Crippen LogP contribution is -2.45. The lowest BCUT2D eigenvalue weighted by molar-refractivity contribution is 0.102. The van der Waals surface area contributed by atoms with Gasteiger partial charge in [0.05, 0.1) is 18.8 Å². The van der Waals surface area contributed by atoms with E-state index in [1.807, 2.05) is 24.3 Å². The summed E-state index contributed by atoms with van der Waals surface area (Å²) in [6.07, 6.45) is 4.53. The van der Waals surface area contributed by atoms with Crippen molar-refractivity contribution < 1.29 is 4.79 Å². The third-order valence-electron chi connectivity index (χ3n) is 5.46. The highest BCUT2D eigenvalue weighted by Crippen LogP contribution is 2.39. The molecular weight excluding hydrogens is 398 g/mol. The second kappa shape index (κ2) is 8.55. The first-order valence-corrected chi connectivity index (χ1v) is 11.0. The van der Waals surface area contributed by atoms with Crippen LogP contribution in [0.25, 0.3) is 0 Å². The molecule has 1 saturated heterocycles. The highest BCUT2D eigenvalue weighted by Gasteiger charge is 2.34. The van der Waals surface area contributed by atoms with E-state index in [1.165, 1.54) is 18.1 Å². The fourth-order valence-corrected chi connectivity index (χ4v) is 4.86. The minimum absolute atomic E-state index is 0.0161. The second-order valence-corrected chi connectivity index (χ2v) is 8.26. The van der Waals surface area contributed by atoms with E-state index in [0.29, 0.717) is 5.69 Å². The highest BCUT2D eigenvalue weighted by atomic mass is 32.2. The Morgan fingerprint density at radius 2 is 2.10 bits per heavy atom. The number of nitrogens with zero attached hydrogens (tertiary/aromatic N) is 5. The summed E-state index contributed by atoms with van der Waals surface area (Å²) in [4.78, 5) is 30.4. The molecule has 1 amide bonds. The summed E-state index contributed by atoms with van der Waals surface area (Å²) in [5.41, 5.74) is 3.38. The monoisotopic (exact) mass is 421 g/mol. The highest BCUT2D eigenvalue weighted by molar-refractivity contribution is 8.16. The number of piperazine rings is 1. The Morgan fingerprint density at radius 3 is 2.93 bits per heavy atom. The normalized spacial score (nSPS) is 21.2. The number of carbonyl (C=O) groups excluding carboxylic acids is 1. The van der Waals surface area contributed by atoms with E-state index in [0.717, 1.165) is 55.7 Å². The van der Waals surface area contributed by atoms with Crippen LogP contribution < -0.4 is 10.6 Å². The summed E-state index contributed by atoms with van der Waals surface area (Å²) < 4.78 is 0. The number of thioether (sulfide) groups is 1. The number of carbonyl (C=O) groups is 1. The predicted molar refractivity (Wildman–Crippen MR) is 118 cm³/mol. The van der Waals surface area contributed by atoms with Crippen molar-refractivity contribution in [3.63, 3.8) is 0 Å². The van der Waals surface area contributed by atoms with Crippen molar-refractivity contribution >= 4 is 28.5 Å². The molecule has 4 heterocycles. The maximum Gasteiger partial charge on any atom is 0.275 e. The van der Waals surface area contributed by atoms with Crippen molar-refractivity contribution in [2.45, 2.75) is 6.04 Å². The number of nitrogens with one attached hydrogen (secondary N) is 2. The summed E-state index contributed by atoms with van der Waals surface area (Å²) in [6, 6.07) is 7.84. The van der Waals surface area contributed by atoms with Gasteiger partial charge in [-0.2, -0.15) is 0 Å². The van der Waals surface area contributed by atoms with Gasteiger partial charge < -0.3 is 15.5 Å². The van der Waals surface area contributed by atoms with Crippen molar-refractivity contribution in [2.24, 2.45) is 4.99 Å². The van der Waals surface area contributed by atoms with Crippen LogP contribution in [0.2, 0.25) is 0 Å². The van der Waals surface area contributed by atoms with Gasteiger partial charge in [0.25, 0.3) is 5.91 Å². The first-order valence-electron chi connectivity index (χ1n) is 10.1. The van der Waals surface area contributed by atoms with E-state index in [2.05, 4.69) is 35.8 Å². The molecule has 5 rings (SSSR count). The van der Waals surface area contributed by atoms with Gasteiger partial charge in [0.1, 0.15) is 5.69 Å². The van der Waals surface area contributed by atoms with Gasteiger partial charge in [-0.1, -0.05) is 30.0 Å². The Kier molecular flexibility index (Phi) is 5.48. The Bertz CT molecular complexity index is 988. The molecule has 1 atom stereocenters.